The molecule has 0 saturated heterocycles. The highest BCUT2D eigenvalue weighted by Crippen LogP contribution is 1.86. The molecular formula is C10H22N2O2. The minimum absolute atomic E-state index is 0.0658. The van der Waals surface area contributed by atoms with Gasteiger partial charge in [0.25, 0.3) is 0 Å². The number of carbonyl (C=O) groups is 1. The molecule has 1 amide bonds. The van der Waals surface area contributed by atoms with E-state index >= 15 is 0 Å². The van der Waals surface area contributed by atoms with E-state index in [-0.39, 0.29) is 5.91 Å². The van der Waals surface area contributed by atoms with Crippen LogP contribution >= 0.6 is 0 Å². The van der Waals surface area contributed by atoms with E-state index in [1.807, 2.05) is 0 Å². The van der Waals surface area contributed by atoms with Crippen molar-refractivity contribution in [3.63, 3.8) is 0 Å². The topological polar surface area (TPSA) is 50.4 Å². The lowest BCUT2D eigenvalue weighted by Gasteiger charge is -2.08. The Hall–Kier alpha value is -0.610. The summed E-state index contributed by atoms with van der Waals surface area (Å²) in [5.41, 5.74) is 0. The zero-order valence-electron chi connectivity index (χ0n) is 9.43. The second-order valence-electron chi connectivity index (χ2n) is 3.72. The van der Waals surface area contributed by atoms with Crippen LogP contribution in [-0.2, 0) is 9.53 Å². The van der Waals surface area contributed by atoms with E-state index < -0.39 is 0 Å². The molecule has 84 valence electrons. The van der Waals surface area contributed by atoms with Gasteiger partial charge in [0.15, 0.2) is 0 Å². The van der Waals surface area contributed by atoms with Gasteiger partial charge >= 0.3 is 0 Å². The number of methoxy groups -OCH3 is 1. The minimum Gasteiger partial charge on any atom is -0.385 e. The highest BCUT2D eigenvalue weighted by atomic mass is 16.5. The largest absolute Gasteiger partial charge is 0.385 e. The normalized spacial score (nSPS) is 10.6. The number of nitrogens with one attached hydrogen (secondary N) is 2. The summed E-state index contributed by atoms with van der Waals surface area (Å²) in [5, 5.41) is 5.89. The monoisotopic (exact) mass is 202 g/mol. The van der Waals surface area contributed by atoms with Crippen molar-refractivity contribution in [2.24, 2.45) is 5.92 Å². The van der Waals surface area contributed by atoms with Gasteiger partial charge in [-0.25, -0.2) is 0 Å². The van der Waals surface area contributed by atoms with Gasteiger partial charge in [-0.2, -0.15) is 0 Å². The Balaban J connectivity index is 3.18. The maximum Gasteiger partial charge on any atom is 0.233 e. The molecule has 0 aromatic carbocycles. The molecular weight excluding hydrogens is 180 g/mol. The van der Waals surface area contributed by atoms with Gasteiger partial charge in [0, 0.05) is 20.3 Å². The molecule has 14 heavy (non-hydrogen) atoms. The van der Waals surface area contributed by atoms with Crippen molar-refractivity contribution in [2.75, 3.05) is 33.4 Å². The van der Waals surface area contributed by atoms with Crippen LogP contribution < -0.4 is 10.6 Å². The summed E-state index contributed by atoms with van der Waals surface area (Å²) in [6.45, 7) is 6.86. The lowest BCUT2D eigenvalue weighted by Crippen LogP contribution is -2.36. The summed E-state index contributed by atoms with van der Waals surface area (Å²) in [5.74, 6) is 0.573. The lowest BCUT2D eigenvalue weighted by atomic mass is 10.2. The number of rotatable bonds is 8. The first kappa shape index (κ1) is 13.4. The van der Waals surface area contributed by atoms with Crippen molar-refractivity contribution in [3.8, 4) is 0 Å². The fourth-order valence-corrected chi connectivity index (χ4v) is 0.924. The summed E-state index contributed by atoms with van der Waals surface area (Å²) >= 11 is 0. The molecule has 0 saturated carbocycles. The van der Waals surface area contributed by atoms with Crippen molar-refractivity contribution in [2.45, 2.75) is 20.3 Å². The maximum atomic E-state index is 11.2. The van der Waals surface area contributed by atoms with E-state index in [4.69, 9.17) is 4.74 Å². The first-order valence-corrected chi connectivity index (χ1v) is 5.13. The SMILES string of the molecule is COCCCNCC(=O)NCC(C)C. The molecule has 0 heterocycles. The lowest BCUT2D eigenvalue weighted by molar-refractivity contribution is -0.120. The average Bonchev–Trinajstić information content (AvgIpc) is 2.14. The van der Waals surface area contributed by atoms with Crippen LogP contribution in [0.1, 0.15) is 20.3 Å². The van der Waals surface area contributed by atoms with Gasteiger partial charge in [-0.05, 0) is 18.9 Å². The summed E-state index contributed by atoms with van der Waals surface area (Å²) in [4.78, 5) is 11.2. The first-order chi connectivity index (χ1) is 6.66. The molecule has 0 radical (unpaired) electrons. The summed E-state index contributed by atoms with van der Waals surface area (Å²) in [6, 6.07) is 0. The predicted octanol–water partition coefficient (Wildman–Crippen LogP) is 0.385. The summed E-state index contributed by atoms with van der Waals surface area (Å²) in [6.07, 6.45) is 0.938. The Morgan fingerprint density at radius 2 is 2.14 bits per heavy atom. The Kier molecular flexibility index (Phi) is 8.57. The fourth-order valence-electron chi connectivity index (χ4n) is 0.924. The van der Waals surface area contributed by atoms with Crippen molar-refractivity contribution >= 4 is 5.91 Å². The van der Waals surface area contributed by atoms with Gasteiger partial charge in [0.05, 0.1) is 6.54 Å². The minimum atomic E-state index is 0.0658. The number of hydrogen-bond donors (Lipinski definition) is 2. The van der Waals surface area contributed by atoms with Crippen molar-refractivity contribution in [1.29, 1.82) is 0 Å². The number of carbonyl (C=O) groups excluding carboxylic acids is 1. The zero-order chi connectivity index (χ0) is 10.8. The summed E-state index contributed by atoms with van der Waals surface area (Å²) < 4.78 is 4.89. The van der Waals surface area contributed by atoms with Gasteiger partial charge < -0.3 is 15.4 Å². The van der Waals surface area contributed by atoms with Crippen LogP contribution in [0.2, 0.25) is 0 Å². The predicted molar refractivity (Wildman–Crippen MR) is 57.2 cm³/mol. The molecule has 4 heteroatoms. The third-order valence-corrected chi connectivity index (χ3v) is 1.70. The number of amides is 1. The van der Waals surface area contributed by atoms with Gasteiger partial charge in [-0.1, -0.05) is 13.8 Å². The Morgan fingerprint density at radius 1 is 1.43 bits per heavy atom. The molecule has 0 aliphatic rings. The molecule has 0 bridgehead atoms. The van der Waals surface area contributed by atoms with Crippen LogP contribution in [0.3, 0.4) is 0 Å². The van der Waals surface area contributed by atoms with Gasteiger partial charge in [0.2, 0.25) is 5.91 Å². The van der Waals surface area contributed by atoms with Crippen molar-refractivity contribution in [1.82, 2.24) is 10.6 Å². The van der Waals surface area contributed by atoms with E-state index in [0.717, 1.165) is 26.1 Å². The third kappa shape index (κ3) is 9.48. The third-order valence-electron chi connectivity index (χ3n) is 1.70. The molecule has 0 spiro atoms. The zero-order valence-corrected chi connectivity index (χ0v) is 9.43. The van der Waals surface area contributed by atoms with Crippen LogP contribution in [-0.4, -0.2) is 39.3 Å². The first-order valence-electron chi connectivity index (χ1n) is 5.13. The molecule has 2 N–H and O–H groups in total. The molecule has 0 rings (SSSR count). The molecule has 0 unspecified atom stereocenters. The highest BCUT2D eigenvalue weighted by molar-refractivity contribution is 5.77. The van der Waals surface area contributed by atoms with Crippen molar-refractivity contribution in [3.05, 3.63) is 0 Å². The molecule has 0 fully saturated rings. The Morgan fingerprint density at radius 3 is 2.71 bits per heavy atom. The van der Waals surface area contributed by atoms with Gasteiger partial charge in [-0.3, -0.25) is 4.79 Å². The molecule has 0 aliphatic heterocycles. The number of hydrogen-bond acceptors (Lipinski definition) is 3. The highest BCUT2D eigenvalue weighted by Gasteiger charge is 2.00. The van der Waals surface area contributed by atoms with Crippen LogP contribution in [0.25, 0.3) is 0 Å². The van der Waals surface area contributed by atoms with Gasteiger partial charge in [0.1, 0.15) is 0 Å². The van der Waals surface area contributed by atoms with Crippen molar-refractivity contribution < 1.29 is 9.53 Å². The van der Waals surface area contributed by atoms with E-state index in [9.17, 15) is 4.79 Å². The maximum absolute atomic E-state index is 11.2. The Labute approximate surface area is 86.4 Å². The second-order valence-corrected chi connectivity index (χ2v) is 3.72. The van der Waals surface area contributed by atoms with E-state index in [1.54, 1.807) is 7.11 Å². The van der Waals surface area contributed by atoms with E-state index in [0.29, 0.717) is 12.5 Å². The van der Waals surface area contributed by atoms with E-state index in [1.165, 1.54) is 0 Å². The number of ether oxygens (including phenoxy) is 1. The summed E-state index contributed by atoms with van der Waals surface area (Å²) in [7, 11) is 1.68. The van der Waals surface area contributed by atoms with Crippen LogP contribution in [0, 0.1) is 5.92 Å². The molecule has 0 aliphatic carbocycles. The molecule has 0 aromatic rings. The quantitative estimate of drug-likeness (QED) is 0.560. The second kappa shape index (κ2) is 8.97. The van der Waals surface area contributed by atoms with E-state index in [2.05, 4.69) is 24.5 Å². The fraction of sp³-hybridized carbons (Fsp3) is 0.900. The van der Waals surface area contributed by atoms with Gasteiger partial charge in [-0.15, -0.1) is 0 Å². The molecule has 4 nitrogen and oxygen atoms in total. The smallest absolute Gasteiger partial charge is 0.233 e. The molecule has 0 atom stereocenters. The van der Waals surface area contributed by atoms with Crippen LogP contribution in [0.4, 0.5) is 0 Å². The Bertz CT molecular complexity index is 149. The van der Waals surface area contributed by atoms with Crippen LogP contribution in [0.15, 0.2) is 0 Å². The average molecular weight is 202 g/mol. The van der Waals surface area contributed by atoms with Crippen LogP contribution in [0.5, 0.6) is 0 Å². The standard InChI is InChI=1S/C10H22N2O2/c1-9(2)7-12-10(13)8-11-5-4-6-14-3/h9,11H,4-8H2,1-3H3,(H,12,13). The molecule has 0 aromatic heterocycles.